The quantitative estimate of drug-likeness (QED) is 0.617. The Morgan fingerprint density at radius 1 is 1.41 bits per heavy atom. The maximum Gasteiger partial charge on any atom is 0.197 e. The highest BCUT2D eigenvalue weighted by atomic mass is 79.9. The first-order chi connectivity index (χ1) is 8.07. The third-order valence-corrected chi connectivity index (χ3v) is 3.00. The van der Waals surface area contributed by atoms with Gasteiger partial charge in [0.2, 0.25) is 0 Å². The number of hydrogen-bond donors (Lipinski definition) is 0. The summed E-state index contributed by atoms with van der Waals surface area (Å²) in [6.45, 7) is -0.00559. The summed E-state index contributed by atoms with van der Waals surface area (Å²) in [5.41, 5.74) is 0.432. The van der Waals surface area contributed by atoms with E-state index in [1.807, 2.05) is 6.07 Å². The number of carbonyl (C=O) groups excluding carboxylic acids is 1. The molecule has 0 aliphatic carbocycles. The molecule has 1 aromatic carbocycles. The second kappa shape index (κ2) is 5.80. The molecule has 5 heteroatoms. The van der Waals surface area contributed by atoms with Crippen molar-refractivity contribution in [2.24, 2.45) is 0 Å². The molecule has 0 amide bonds. The molecule has 1 rings (SSSR count). The first-order valence-electron chi connectivity index (χ1n) is 4.85. The van der Waals surface area contributed by atoms with Gasteiger partial charge in [0.05, 0.1) is 19.8 Å². The Morgan fingerprint density at radius 3 is 2.41 bits per heavy atom. The predicted molar refractivity (Wildman–Crippen MR) is 66.5 cm³/mol. The molecule has 1 unspecified atom stereocenters. The lowest BCUT2D eigenvalue weighted by Gasteiger charge is -2.16. The highest BCUT2D eigenvalue weighted by Gasteiger charge is 2.36. The number of ketones is 1. The minimum absolute atomic E-state index is 0.00559. The lowest BCUT2D eigenvalue weighted by Crippen LogP contribution is -2.35. The van der Waals surface area contributed by atoms with Crippen molar-refractivity contribution in [2.75, 3.05) is 20.8 Å². The van der Waals surface area contributed by atoms with Crippen LogP contribution in [-0.4, -0.2) is 30.9 Å². The Bertz CT molecular complexity index is 438. The topological polar surface area (TPSA) is 59.3 Å². The van der Waals surface area contributed by atoms with E-state index in [4.69, 9.17) is 14.7 Å². The van der Waals surface area contributed by atoms with Crippen molar-refractivity contribution in [1.82, 2.24) is 0 Å². The van der Waals surface area contributed by atoms with Gasteiger partial charge >= 0.3 is 0 Å². The van der Waals surface area contributed by atoms with Crippen molar-refractivity contribution in [3.8, 4) is 11.8 Å². The van der Waals surface area contributed by atoms with E-state index in [1.54, 1.807) is 31.4 Å². The van der Waals surface area contributed by atoms with E-state index in [-0.39, 0.29) is 12.4 Å². The number of rotatable bonds is 5. The number of alkyl halides is 1. The maximum absolute atomic E-state index is 12.1. The summed E-state index contributed by atoms with van der Waals surface area (Å²) in [5.74, 6) is 0.329. The van der Waals surface area contributed by atoms with Crippen LogP contribution in [0.5, 0.6) is 5.75 Å². The molecule has 0 fully saturated rings. The maximum atomic E-state index is 12.1. The van der Waals surface area contributed by atoms with Crippen molar-refractivity contribution < 1.29 is 14.3 Å². The van der Waals surface area contributed by atoms with Crippen molar-refractivity contribution >= 4 is 21.7 Å². The molecule has 1 atom stereocenters. The molecule has 0 saturated heterocycles. The number of hydrogen-bond acceptors (Lipinski definition) is 4. The highest BCUT2D eigenvalue weighted by Crippen LogP contribution is 2.24. The van der Waals surface area contributed by atoms with Gasteiger partial charge in [-0.1, -0.05) is 15.9 Å². The van der Waals surface area contributed by atoms with Crippen LogP contribution in [0.4, 0.5) is 0 Å². The van der Waals surface area contributed by atoms with Crippen molar-refractivity contribution in [3.05, 3.63) is 29.8 Å². The van der Waals surface area contributed by atoms with Gasteiger partial charge in [-0.3, -0.25) is 4.79 Å². The lowest BCUT2D eigenvalue weighted by molar-refractivity contribution is 0.0906. The minimum Gasteiger partial charge on any atom is -0.497 e. The Kier molecular flexibility index (Phi) is 4.67. The van der Waals surface area contributed by atoms with E-state index in [1.165, 1.54) is 7.11 Å². The average molecular weight is 298 g/mol. The van der Waals surface area contributed by atoms with Crippen LogP contribution in [0, 0.1) is 11.3 Å². The van der Waals surface area contributed by atoms with E-state index in [0.29, 0.717) is 11.3 Å². The minimum atomic E-state index is -1.34. The molecule has 0 aliphatic rings. The van der Waals surface area contributed by atoms with Crippen molar-refractivity contribution in [1.29, 1.82) is 5.26 Å². The van der Waals surface area contributed by atoms with E-state index in [2.05, 4.69) is 15.9 Å². The molecule has 0 aliphatic heterocycles. The molecule has 0 spiro atoms. The van der Waals surface area contributed by atoms with Gasteiger partial charge < -0.3 is 9.47 Å². The predicted octanol–water partition coefficient (Wildman–Crippen LogP) is 2.18. The molecular weight excluding hydrogens is 286 g/mol. The summed E-state index contributed by atoms with van der Waals surface area (Å²) < 4.78 is 8.53. The van der Waals surface area contributed by atoms with Gasteiger partial charge in [-0.2, -0.15) is 5.26 Å². The molecule has 4 nitrogen and oxygen atoms in total. The first kappa shape index (κ1) is 13.7. The average Bonchev–Trinajstić information content (AvgIpc) is 2.38. The second-order valence-electron chi connectivity index (χ2n) is 3.40. The summed E-state index contributed by atoms with van der Waals surface area (Å²) in [7, 11) is 2.99. The van der Waals surface area contributed by atoms with Gasteiger partial charge in [-0.05, 0) is 24.3 Å². The molecule has 90 valence electrons. The van der Waals surface area contributed by atoms with Gasteiger partial charge in [0, 0.05) is 12.7 Å². The number of halogens is 1. The van der Waals surface area contributed by atoms with Crippen LogP contribution >= 0.6 is 15.9 Å². The van der Waals surface area contributed by atoms with Gasteiger partial charge in [-0.15, -0.1) is 0 Å². The number of nitrogens with zero attached hydrogens (tertiary/aromatic N) is 1. The van der Waals surface area contributed by atoms with Gasteiger partial charge in [-0.25, -0.2) is 0 Å². The van der Waals surface area contributed by atoms with Crippen LogP contribution in [0.2, 0.25) is 0 Å². The van der Waals surface area contributed by atoms with Gasteiger partial charge in [0.25, 0.3) is 0 Å². The number of methoxy groups -OCH3 is 2. The Morgan fingerprint density at radius 2 is 2.00 bits per heavy atom. The Hall–Kier alpha value is -1.38. The first-order valence-corrected chi connectivity index (χ1v) is 5.64. The summed E-state index contributed by atoms with van der Waals surface area (Å²) in [6, 6.07) is 8.49. The van der Waals surface area contributed by atoms with Crippen LogP contribution < -0.4 is 4.74 Å². The lowest BCUT2D eigenvalue weighted by atomic mass is 9.99. The smallest absolute Gasteiger partial charge is 0.197 e. The van der Waals surface area contributed by atoms with Crippen LogP contribution in [-0.2, 0) is 4.74 Å². The van der Waals surface area contributed by atoms with Crippen LogP contribution in [0.25, 0.3) is 0 Å². The van der Waals surface area contributed by atoms with E-state index in [0.717, 1.165) is 0 Å². The number of ether oxygens (including phenoxy) is 2. The summed E-state index contributed by atoms with van der Waals surface area (Å²) >= 11 is 3.12. The highest BCUT2D eigenvalue weighted by molar-refractivity contribution is 9.10. The van der Waals surface area contributed by atoms with Crippen molar-refractivity contribution in [3.63, 3.8) is 0 Å². The van der Waals surface area contributed by atoms with Gasteiger partial charge in [0.1, 0.15) is 5.75 Å². The number of nitriles is 1. The summed E-state index contributed by atoms with van der Waals surface area (Å²) in [6.07, 6.45) is 0. The molecule has 0 heterocycles. The molecule has 0 aromatic heterocycles. The third kappa shape index (κ3) is 3.05. The second-order valence-corrected chi connectivity index (χ2v) is 4.76. The van der Waals surface area contributed by atoms with E-state index >= 15 is 0 Å². The fraction of sp³-hybridized carbons (Fsp3) is 0.333. The van der Waals surface area contributed by atoms with Crippen LogP contribution in [0.3, 0.4) is 0 Å². The zero-order chi connectivity index (χ0) is 12.9. The summed E-state index contributed by atoms with van der Waals surface area (Å²) in [4.78, 5) is 12.1. The largest absolute Gasteiger partial charge is 0.497 e. The Balaban J connectivity index is 2.99. The molecule has 0 saturated carbocycles. The fourth-order valence-electron chi connectivity index (χ4n) is 1.32. The fourth-order valence-corrected chi connectivity index (χ4v) is 1.78. The van der Waals surface area contributed by atoms with E-state index in [9.17, 15) is 4.79 Å². The molecule has 17 heavy (non-hydrogen) atoms. The standard InChI is InChI=1S/C12H12BrNO3/c1-16-8-12(13,7-14)11(15)9-3-5-10(17-2)6-4-9/h3-6H,8H2,1-2H3. The molecule has 0 bridgehead atoms. The molecule has 0 N–H and O–H groups in total. The van der Waals surface area contributed by atoms with Gasteiger partial charge in [0.15, 0.2) is 10.1 Å². The third-order valence-electron chi connectivity index (χ3n) is 2.23. The number of benzene rings is 1. The van der Waals surface area contributed by atoms with Crippen LogP contribution in [0.15, 0.2) is 24.3 Å². The monoisotopic (exact) mass is 297 g/mol. The summed E-state index contributed by atoms with van der Waals surface area (Å²) in [5, 5.41) is 9.03. The van der Waals surface area contributed by atoms with E-state index < -0.39 is 4.32 Å². The number of Topliss-reactive ketones (excluding diaryl/α,β-unsaturated/α-hetero) is 1. The normalized spacial score (nSPS) is 13.5. The Labute approximate surface area is 108 Å². The van der Waals surface area contributed by atoms with Crippen LogP contribution in [0.1, 0.15) is 10.4 Å². The number of carbonyl (C=O) groups is 1. The molecular formula is C12H12BrNO3. The van der Waals surface area contributed by atoms with Crippen molar-refractivity contribution in [2.45, 2.75) is 4.32 Å². The molecule has 1 aromatic rings. The zero-order valence-corrected chi connectivity index (χ0v) is 11.2. The SMILES string of the molecule is COCC(Br)(C#N)C(=O)c1ccc(OC)cc1. The molecule has 0 radical (unpaired) electrons. The zero-order valence-electron chi connectivity index (χ0n) is 9.57.